The van der Waals surface area contributed by atoms with Crippen LogP contribution in [0.1, 0.15) is 75.6 Å². The van der Waals surface area contributed by atoms with E-state index in [1.165, 1.54) is 72.8 Å². The molecule has 2 aromatic heterocycles. The van der Waals surface area contributed by atoms with Crippen LogP contribution in [0.2, 0.25) is 0 Å². The normalized spacial score (nSPS) is 16.9. The number of piperazine rings is 2. The Morgan fingerprint density at radius 2 is 0.947 bits per heavy atom. The van der Waals surface area contributed by atoms with Crippen molar-refractivity contribution >= 4 is 77.5 Å². The molecule has 2 aliphatic heterocycles. The molecule has 6 aromatic rings. The molecule has 0 spiro atoms. The van der Waals surface area contributed by atoms with Gasteiger partial charge in [0.25, 0.3) is 20.0 Å². The molecular formula is C55H70N12O4S4. The molecule has 0 atom stereocenters. The van der Waals surface area contributed by atoms with Crippen molar-refractivity contribution in [2.75, 3.05) is 77.3 Å². The first-order chi connectivity index (χ1) is 36.5. The summed E-state index contributed by atoms with van der Waals surface area (Å²) in [4.78, 5) is 23.8. The molecule has 4 N–H and O–H groups in total. The van der Waals surface area contributed by atoms with Crippen molar-refractivity contribution in [3.8, 4) is 0 Å². The highest BCUT2D eigenvalue weighted by Crippen LogP contribution is 2.31. The molecule has 4 aromatic carbocycles. The van der Waals surface area contributed by atoms with E-state index in [1.807, 2.05) is 60.7 Å². The topological polar surface area (TPSA) is 169 Å². The van der Waals surface area contributed by atoms with Crippen LogP contribution in [0.3, 0.4) is 0 Å². The minimum Gasteiger partial charge on any atom is -0.368 e. The van der Waals surface area contributed by atoms with E-state index in [0.29, 0.717) is 17.4 Å². The van der Waals surface area contributed by atoms with E-state index >= 15 is 0 Å². The van der Waals surface area contributed by atoms with E-state index in [2.05, 4.69) is 50.2 Å². The van der Waals surface area contributed by atoms with Crippen molar-refractivity contribution in [1.82, 2.24) is 40.4 Å². The molecule has 75 heavy (non-hydrogen) atoms. The van der Waals surface area contributed by atoms with Crippen molar-refractivity contribution in [3.05, 3.63) is 146 Å². The fourth-order valence-electron chi connectivity index (χ4n) is 10.4. The van der Waals surface area contributed by atoms with Gasteiger partial charge in [0.05, 0.1) is 58.3 Å². The maximum Gasteiger partial charge on any atom is 0.264 e. The Balaban J connectivity index is 0.000000184. The number of anilines is 4. The molecule has 398 valence electrons. The minimum atomic E-state index is -3.75. The number of imidazole rings is 2. The van der Waals surface area contributed by atoms with Gasteiger partial charge in [0.2, 0.25) is 0 Å². The van der Waals surface area contributed by atoms with E-state index in [-0.39, 0.29) is 22.9 Å². The highest BCUT2D eigenvalue weighted by Gasteiger charge is 2.29. The average molecular weight is 1090 g/mol. The molecule has 16 nitrogen and oxygen atoms in total. The second-order valence-electron chi connectivity index (χ2n) is 19.8. The number of sulfonamides is 2. The summed E-state index contributed by atoms with van der Waals surface area (Å²) in [6, 6.07) is 33.1. The molecule has 0 bridgehead atoms. The summed E-state index contributed by atoms with van der Waals surface area (Å²) in [6.07, 6.45) is 19.4. The van der Waals surface area contributed by atoms with Gasteiger partial charge < -0.3 is 40.2 Å². The molecule has 4 heterocycles. The SMILES string of the molecule is O=S(=O)(c1ccccc1)N(Cc1cnc[nH]1)c1ccc(N2CCN(C(=S)NC3CCCCC3)CC2)cc1.O=S(=O)(c1ccccc1)N(Cc1cnc[nH]1)c1ccc(N2CCN(C(=S)NCC3CCCCC3)CC2)cc1. The molecule has 2 saturated heterocycles. The van der Waals surface area contributed by atoms with Gasteiger partial charge in [-0.15, -0.1) is 0 Å². The standard InChI is InChI=1S/C28H36N6O2S2.C27H34N6O2S2/c35-38(36,27-9-5-2-6-10-27)34(21-24-20-29-22-31-24)26-13-11-25(12-14-26)32-15-17-33(18-16-32)28(37)30-19-23-7-3-1-4-8-23;34-37(35,26-9-5-2-6-10-26)33(20-23-19-28-21-29-23)25-13-11-24(12-14-25)31-15-17-32(18-16-31)27(36)30-22-7-3-1-4-8-22/h2,5-6,9-14,20,22-23H,1,3-4,7-8,15-19,21H2,(H,29,31)(H,30,37);2,5-6,9-14,19,21-22H,1,3-4,7-8,15-18,20H2,(H,28,29)(H,30,36). The number of aromatic nitrogens is 4. The number of rotatable bonds is 15. The lowest BCUT2D eigenvalue weighted by atomic mass is 9.89. The van der Waals surface area contributed by atoms with Crippen molar-refractivity contribution in [3.63, 3.8) is 0 Å². The van der Waals surface area contributed by atoms with Crippen LogP contribution in [0.4, 0.5) is 22.7 Å². The van der Waals surface area contributed by atoms with Crippen LogP contribution >= 0.6 is 24.4 Å². The number of thiocarbonyl (C=S) groups is 2. The largest absolute Gasteiger partial charge is 0.368 e. The molecule has 0 unspecified atom stereocenters. The molecular weight excluding hydrogens is 1020 g/mol. The van der Waals surface area contributed by atoms with E-state index in [9.17, 15) is 16.8 Å². The van der Waals surface area contributed by atoms with Crippen LogP contribution in [0, 0.1) is 5.92 Å². The number of hydrogen-bond donors (Lipinski definition) is 4. The predicted octanol–water partition coefficient (Wildman–Crippen LogP) is 8.52. The fourth-order valence-corrected chi connectivity index (χ4v) is 13.9. The number of H-pyrrole nitrogens is 2. The fraction of sp³-hybridized carbons (Fsp3) is 0.418. The summed E-state index contributed by atoms with van der Waals surface area (Å²) in [5.74, 6) is 0.750. The minimum absolute atomic E-state index is 0.167. The maximum absolute atomic E-state index is 13.6. The second kappa shape index (κ2) is 25.5. The summed E-state index contributed by atoms with van der Waals surface area (Å²) in [5, 5.41) is 8.83. The van der Waals surface area contributed by atoms with Gasteiger partial charge in [-0.05, 0) is 129 Å². The Morgan fingerprint density at radius 3 is 1.36 bits per heavy atom. The zero-order valence-corrected chi connectivity index (χ0v) is 45.8. The number of benzene rings is 4. The van der Waals surface area contributed by atoms with Gasteiger partial charge in [-0.2, -0.15) is 0 Å². The van der Waals surface area contributed by atoms with Crippen molar-refractivity contribution in [2.45, 2.75) is 93.1 Å². The Morgan fingerprint density at radius 1 is 0.533 bits per heavy atom. The lowest BCUT2D eigenvalue weighted by Crippen LogP contribution is -2.53. The highest BCUT2D eigenvalue weighted by atomic mass is 32.2. The number of hydrogen-bond acceptors (Lipinski definition) is 10. The first-order valence-electron chi connectivity index (χ1n) is 26.4. The van der Waals surface area contributed by atoms with Gasteiger partial charge in [0, 0.05) is 88.7 Å². The lowest BCUT2D eigenvalue weighted by molar-refractivity contribution is 0.341. The van der Waals surface area contributed by atoms with Gasteiger partial charge >= 0.3 is 0 Å². The molecule has 4 fully saturated rings. The molecule has 4 aliphatic rings. The molecule has 0 amide bonds. The first-order valence-corrected chi connectivity index (χ1v) is 30.1. The molecule has 0 radical (unpaired) electrons. The van der Waals surface area contributed by atoms with Crippen molar-refractivity contribution in [2.24, 2.45) is 5.92 Å². The van der Waals surface area contributed by atoms with Gasteiger partial charge in [-0.25, -0.2) is 26.8 Å². The predicted molar refractivity (Wildman–Crippen MR) is 307 cm³/mol. The quantitative estimate of drug-likeness (QED) is 0.0723. The van der Waals surface area contributed by atoms with Crippen LogP contribution in [0.15, 0.2) is 144 Å². The van der Waals surface area contributed by atoms with Crippen LogP contribution in [0.5, 0.6) is 0 Å². The van der Waals surface area contributed by atoms with E-state index in [0.717, 1.165) is 97.8 Å². The van der Waals surface area contributed by atoms with Crippen LogP contribution in [-0.4, -0.2) is 122 Å². The Labute approximate surface area is 454 Å². The van der Waals surface area contributed by atoms with Gasteiger partial charge in [-0.1, -0.05) is 74.9 Å². The summed E-state index contributed by atoms with van der Waals surface area (Å²) in [7, 11) is -7.51. The summed E-state index contributed by atoms with van der Waals surface area (Å²) < 4.78 is 57.1. The maximum atomic E-state index is 13.6. The van der Waals surface area contributed by atoms with Gasteiger partial charge in [-0.3, -0.25) is 8.61 Å². The van der Waals surface area contributed by atoms with E-state index in [1.54, 1.807) is 73.6 Å². The third-order valence-corrected chi connectivity index (χ3v) is 19.1. The number of nitrogens with one attached hydrogen (secondary N) is 4. The third kappa shape index (κ3) is 14.0. The van der Waals surface area contributed by atoms with Crippen LogP contribution in [-0.2, 0) is 33.1 Å². The molecule has 20 heteroatoms. The summed E-state index contributed by atoms with van der Waals surface area (Å²) in [6.45, 7) is 8.26. The molecule has 2 aliphatic carbocycles. The van der Waals surface area contributed by atoms with Crippen LogP contribution < -0.4 is 29.0 Å². The summed E-state index contributed by atoms with van der Waals surface area (Å²) >= 11 is 11.4. The zero-order chi connectivity index (χ0) is 52.0. The molecule has 2 saturated carbocycles. The monoisotopic (exact) mass is 1090 g/mol. The van der Waals surface area contributed by atoms with Gasteiger partial charge in [0.1, 0.15) is 0 Å². The highest BCUT2D eigenvalue weighted by molar-refractivity contribution is 7.93. The number of aromatic amines is 2. The Hall–Kier alpha value is -6.22. The number of nitrogens with zero attached hydrogens (tertiary/aromatic N) is 8. The summed E-state index contributed by atoms with van der Waals surface area (Å²) in [5.41, 5.74) is 4.81. The Bertz CT molecular complexity index is 2930. The van der Waals surface area contributed by atoms with Crippen molar-refractivity contribution < 1.29 is 16.8 Å². The van der Waals surface area contributed by atoms with Crippen molar-refractivity contribution in [1.29, 1.82) is 0 Å². The molecule has 10 rings (SSSR count). The second-order valence-corrected chi connectivity index (χ2v) is 24.3. The van der Waals surface area contributed by atoms with E-state index in [4.69, 9.17) is 24.4 Å². The smallest absolute Gasteiger partial charge is 0.264 e. The first kappa shape index (κ1) is 53.6. The van der Waals surface area contributed by atoms with E-state index < -0.39 is 20.0 Å². The third-order valence-electron chi connectivity index (χ3n) is 14.7. The Kier molecular flexibility index (Phi) is 18.3. The lowest BCUT2D eigenvalue weighted by Gasteiger charge is -2.38. The average Bonchev–Trinajstić information content (AvgIpc) is 4.20. The van der Waals surface area contributed by atoms with Gasteiger partial charge in [0.15, 0.2) is 10.2 Å². The zero-order valence-electron chi connectivity index (χ0n) is 42.5. The van der Waals surface area contributed by atoms with Crippen LogP contribution in [0.25, 0.3) is 0 Å².